The molecule has 6 heteroatoms. The van der Waals surface area contributed by atoms with Crippen molar-refractivity contribution in [2.75, 3.05) is 5.32 Å². The van der Waals surface area contributed by atoms with E-state index in [2.05, 4.69) is 15.6 Å². The molecule has 0 atom stereocenters. The van der Waals surface area contributed by atoms with Crippen LogP contribution in [0, 0.1) is 13.8 Å². The lowest BCUT2D eigenvalue weighted by Crippen LogP contribution is -2.17. The summed E-state index contributed by atoms with van der Waals surface area (Å²) in [6.45, 7) is 3.89. The van der Waals surface area contributed by atoms with Crippen LogP contribution < -0.4 is 5.32 Å². The summed E-state index contributed by atoms with van der Waals surface area (Å²) in [5.41, 5.74) is 4.12. The summed E-state index contributed by atoms with van der Waals surface area (Å²) in [6.07, 6.45) is 0.134. The smallest absolute Gasteiger partial charge is 0.231 e. The molecule has 0 saturated carbocycles. The Kier molecular flexibility index (Phi) is 4.01. The molecule has 130 valence electrons. The van der Waals surface area contributed by atoms with Gasteiger partial charge in [-0.1, -0.05) is 35.0 Å². The van der Waals surface area contributed by atoms with Crippen molar-refractivity contribution in [1.29, 1.82) is 0 Å². The van der Waals surface area contributed by atoms with Crippen molar-refractivity contribution in [2.45, 2.75) is 20.3 Å². The Balaban J connectivity index is 1.58. The lowest BCUT2D eigenvalue weighted by atomic mass is 10.1. The minimum atomic E-state index is -0.168. The number of carbonyl (C=O) groups is 1. The maximum absolute atomic E-state index is 12.6. The third-order valence-electron chi connectivity index (χ3n) is 4.13. The van der Waals surface area contributed by atoms with E-state index in [-0.39, 0.29) is 12.3 Å². The standard InChI is InChI=1S/C20H18N4O2/c1-13-8-9-18-16(10-13)17(23-26-18)12-20(25)21-19-11-14(2)22-24(19)15-6-4-3-5-7-15/h3-11H,12H2,1-2H3,(H,21,25). The molecule has 0 unspecified atom stereocenters. The number of aryl methyl sites for hydroxylation is 2. The van der Waals surface area contributed by atoms with E-state index in [1.807, 2.05) is 68.4 Å². The quantitative estimate of drug-likeness (QED) is 0.610. The van der Waals surface area contributed by atoms with Crippen LogP contribution in [0.3, 0.4) is 0 Å². The number of hydrogen-bond acceptors (Lipinski definition) is 4. The largest absolute Gasteiger partial charge is 0.356 e. The first-order valence-electron chi connectivity index (χ1n) is 8.37. The van der Waals surface area contributed by atoms with Gasteiger partial charge in [-0.3, -0.25) is 4.79 Å². The molecule has 4 aromatic rings. The molecular formula is C20H18N4O2. The molecule has 0 aliphatic rings. The number of nitrogens with one attached hydrogen (secondary N) is 1. The summed E-state index contributed by atoms with van der Waals surface area (Å²) in [5, 5.41) is 12.3. The zero-order valence-corrected chi connectivity index (χ0v) is 14.6. The van der Waals surface area contributed by atoms with Gasteiger partial charge in [-0.2, -0.15) is 5.10 Å². The van der Waals surface area contributed by atoms with Crippen LogP contribution in [-0.4, -0.2) is 20.8 Å². The van der Waals surface area contributed by atoms with Crippen molar-refractivity contribution < 1.29 is 9.32 Å². The number of anilines is 1. The summed E-state index contributed by atoms with van der Waals surface area (Å²) in [7, 11) is 0. The van der Waals surface area contributed by atoms with Gasteiger partial charge in [-0.05, 0) is 38.1 Å². The van der Waals surface area contributed by atoms with Gasteiger partial charge >= 0.3 is 0 Å². The van der Waals surface area contributed by atoms with Crippen molar-refractivity contribution in [1.82, 2.24) is 14.9 Å². The maximum atomic E-state index is 12.6. The highest BCUT2D eigenvalue weighted by molar-refractivity contribution is 5.94. The summed E-state index contributed by atoms with van der Waals surface area (Å²) >= 11 is 0. The molecule has 4 rings (SSSR count). The Morgan fingerprint density at radius 2 is 1.92 bits per heavy atom. The van der Waals surface area contributed by atoms with Crippen LogP contribution in [-0.2, 0) is 11.2 Å². The lowest BCUT2D eigenvalue weighted by molar-refractivity contribution is -0.115. The average molecular weight is 346 g/mol. The van der Waals surface area contributed by atoms with Gasteiger partial charge in [0.2, 0.25) is 5.91 Å². The van der Waals surface area contributed by atoms with Gasteiger partial charge in [0, 0.05) is 11.5 Å². The van der Waals surface area contributed by atoms with Crippen LogP contribution in [0.5, 0.6) is 0 Å². The fourth-order valence-electron chi connectivity index (χ4n) is 2.92. The highest BCUT2D eigenvalue weighted by atomic mass is 16.5. The first-order valence-corrected chi connectivity index (χ1v) is 8.37. The van der Waals surface area contributed by atoms with Crippen LogP contribution in [0.25, 0.3) is 16.7 Å². The fourth-order valence-corrected chi connectivity index (χ4v) is 2.92. The molecule has 2 aromatic carbocycles. The molecular weight excluding hydrogens is 328 g/mol. The summed E-state index contributed by atoms with van der Waals surface area (Å²) in [6, 6.07) is 17.3. The summed E-state index contributed by atoms with van der Waals surface area (Å²) < 4.78 is 7.03. The molecule has 0 bridgehead atoms. The van der Waals surface area contributed by atoms with Crippen LogP contribution in [0.15, 0.2) is 59.1 Å². The number of carbonyl (C=O) groups excluding carboxylic acids is 1. The second kappa shape index (κ2) is 6.48. The SMILES string of the molecule is Cc1ccc2onc(CC(=O)Nc3cc(C)nn3-c3ccccc3)c2c1. The van der Waals surface area contributed by atoms with Gasteiger partial charge in [-0.25, -0.2) is 4.68 Å². The van der Waals surface area contributed by atoms with Gasteiger partial charge in [0.25, 0.3) is 0 Å². The summed E-state index contributed by atoms with van der Waals surface area (Å²) in [5.74, 6) is 0.460. The lowest BCUT2D eigenvalue weighted by Gasteiger charge is -2.08. The predicted octanol–water partition coefficient (Wildman–Crippen LogP) is 3.81. The highest BCUT2D eigenvalue weighted by Crippen LogP contribution is 2.21. The van der Waals surface area contributed by atoms with E-state index in [0.717, 1.165) is 22.3 Å². The van der Waals surface area contributed by atoms with Crippen molar-refractivity contribution in [3.05, 3.63) is 71.5 Å². The molecule has 0 saturated heterocycles. The summed E-state index contributed by atoms with van der Waals surface area (Å²) in [4.78, 5) is 12.6. The van der Waals surface area contributed by atoms with E-state index >= 15 is 0 Å². The van der Waals surface area contributed by atoms with Crippen molar-refractivity contribution in [3.63, 3.8) is 0 Å². The second-order valence-electron chi connectivity index (χ2n) is 6.27. The van der Waals surface area contributed by atoms with Gasteiger partial charge in [-0.15, -0.1) is 0 Å². The molecule has 0 aliphatic heterocycles. The molecule has 0 aliphatic carbocycles. The van der Waals surface area contributed by atoms with Gasteiger partial charge in [0.15, 0.2) is 5.58 Å². The van der Waals surface area contributed by atoms with E-state index < -0.39 is 0 Å². The molecule has 26 heavy (non-hydrogen) atoms. The zero-order valence-electron chi connectivity index (χ0n) is 14.6. The third kappa shape index (κ3) is 3.09. The first kappa shape index (κ1) is 16.1. The van der Waals surface area contributed by atoms with Gasteiger partial charge in [0.1, 0.15) is 11.5 Å². The van der Waals surface area contributed by atoms with Gasteiger partial charge < -0.3 is 9.84 Å². The Hall–Kier alpha value is -3.41. The maximum Gasteiger partial charge on any atom is 0.231 e. The molecule has 1 amide bonds. The van der Waals surface area contributed by atoms with E-state index in [1.54, 1.807) is 4.68 Å². The normalized spacial score (nSPS) is 11.0. The number of para-hydroxylation sites is 1. The van der Waals surface area contributed by atoms with Crippen molar-refractivity contribution in [3.8, 4) is 5.69 Å². The first-order chi connectivity index (χ1) is 12.6. The fraction of sp³-hybridized carbons (Fsp3) is 0.150. The van der Waals surface area contributed by atoms with E-state index in [0.29, 0.717) is 17.1 Å². The predicted molar refractivity (Wildman–Crippen MR) is 99.4 cm³/mol. The third-order valence-corrected chi connectivity index (χ3v) is 4.13. The topological polar surface area (TPSA) is 73.0 Å². The Morgan fingerprint density at radius 3 is 2.73 bits per heavy atom. The number of fused-ring (bicyclic) bond motifs is 1. The van der Waals surface area contributed by atoms with Crippen LogP contribution in [0.1, 0.15) is 17.0 Å². The van der Waals surface area contributed by atoms with Crippen molar-refractivity contribution >= 4 is 22.7 Å². The van der Waals surface area contributed by atoms with E-state index in [9.17, 15) is 4.79 Å². The molecule has 0 spiro atoms. The number of benzene rings is 2. The molecule has 6 nitrogen and oxygen atoms in total. The van der Waals surface area contributed by atoms with Crippen LogP contribution >= 0.6 is 0 Å². The second-order valence-corrected chi connectivity index (χ2v) is 6.27. The molecule has 0 fully saturated rings. The molecule has 2 heterocycles. The molecule has 2 aromatic heterocycles. The monoisotopic (exact) mass is 346 g/mol. The molecule has 1 N–H and O–H groups in total. The van der Waals surface area contributed by atoms with Crippen molar-refractivity contribution in [2.24, 2.45) is 0 Å². The van der Waals surface area contributed by atoms with Gasteiger partial charge in [0.05, 0.1) is 17.8 Å². The highest BCUT2D eigenvalue weighted by Gasteiger charge is 2.15. The molecule has 0 radical (unpaired) electrons. The van der Waals surface area contributed by atoms with Crippen LogP contribution in [0.4, 0.5) is 5.82 Å². The Bertz CT molecular complexity index is 1080. The number of nitrogens with zero attached hydrogens (tertiary/aromatic N) is 3. The Labute approximate surface area is 150 Å². The zero-order chi connectivity index (χ0) is 18.1. The number of hydrogen-bond donors (Lipinski definition) is 1. The number of amides is 1. The number of aromatic nitrogens is 3. The minimum absolute atomic E-state index is 0.134. The van der Waals surface area contributed by atoms with E-state index in [1.165, 1.54) is 0 Å². The minimum Gasteiger partial charge on any atom is -0.356 e. The van der Waals surface area contributed by atoms with E-state index in [4.69, 9.17) is 4.52 Å². The Morgan fingerprint density at radius 1 is 1.12 bits per heavy atom. The van der Waals surface area contributed by atoms with Crippen LogP contribution in [0.2, 0.25) is 0 Å². The number of rotatable bonds is 4. The average Bonchev–Trinajstić information content (AvgIpc) is 3.19.